The number of nitrogens with zero attached hydrogens (tertiary/aromatic N) is 3. The van der Waals surface area contributed by atoms with Crippen LogP contribution in [0.2, 0.25) is 10.0 Å². The van der Waals surface area contributed by atoms with Gasteiger partial charge >= 0.3 is 0 Å². The zero-order chi connectivity index (χ0) is 15.1. The van der Waals surface area contributed by atoms with Crippen LogP contribution in [-0.2, 0) is 4.79 Å². The van der Waals surface area contributed by atoms with E-state index in [9.17, 15) is 4.79 Å². The van der Waals surface area contributed by atoms with Crippen LogP contribution in [0.3, 0.4) is 0 Å². The number of hydrogen-bond donors (Lipinski definition) is 1. The summed E-state index contributed by atoms with van der Waals surface area (Å²) < 4.78 is 0. The molecule has 1 N–H and O–H groups in total. The highest BCUT2D eigenvalue weighted by atomic mass is 35.5. The number of carbonyl (C=O) groups excluding carboxylic acids is 1. The van der Waals surface area contributed by atoms with Crippen LogP contribution >= 0.6 is 35.0 Å². The third kappa shape index (κ3) is 5.00. The molecule has 8 heteroatoms. The van der Waals surface area contributed by atoms with Crippen molar-refractivity contribution in [3.8, 4) is 0 Å². The number of hydrazone groups is 1. The van der Waals surface area contributed by atoms with Crippen LogP contribution in [0.4, 0.5) is 0 Å². The maximum Gasteiger partial charge on any atom is 0.250 e. The first kappa shape index (κ1) is 15.8. The van der Waals surface area contributed by atoms with E-state index in [1.54, 1.807) is 36.7 Å². The largest absolute Gasteiger partial charge is 0.272 e. The number of aromatic nitrogens is 2. The highest BCUT2D eigenvalue weighted by Crippen LogP contribution is 2.21. The summed E-state index contributed by atoms with van der Waals surface area (Å²) in [5.41, 5.74) is 2.95. The van der Waals surface area contributed by atoms with Crippen LogP contribution in [0.25, 0.3) is 0 Å². The Morgan fingerprint density at radius 2 is 1.90 bits per heavy atom. The lowest BCUT2D eigenvalue weighted by Gasteiger charge is -2.01. The van der Waals surface area contributed by atoms with Gasteiger partial charge in [-0.1, -0.05) is 41.0 Å². The molecule has 1 heterocycles. The first-order valence-corrected chi connectivity index (χ1v) is 7.56. The molecule has 0 saturated heterocycles. The Morgan fingerprint density at radius 1 is 1.24 bits per heavy atom. The molecule has 108 valence electrons. The van der Waals surface area contributed by atoms with E-state index in [0.29, 0.717) is 20.8 Å². The summed E-state index contributed by atoms with van der Waals surface area (Å²) in [5, 5.41) is 5.29. The molecule has 0 radical (unpaired) electrons. The number of benzene rings is 1. The fourth-order valence-electron chi connectivity index (χ4n) is 1.33. The van der Waals surface area contributed by atoms with Crippen molar-refractivity contribution in [2.45, 2.75) is 5.16 Å². The highest BCUT2D eigenvalue weighted by Gasteiger charge is 2.04. The van der Waals surface area contributed by atoms with Crippen LogP contribution in [0.15, 0.2) is 46.9 Å². The van der Waals surface area contributed by atoms with Gasteiger partial charge < -0.3 is 0 Å². The predicted molar refractivity (Wildman–Crippen MR) is 85.0 cm³/mol. The van der Waals surface area contributed by atoms with E-state index in [4.69, 9.17) is 23.2 Å². The summed E-state index contributed by atoms with van der Waals surface area (Å²) in [6.45, 7) is 0. The van der Waals surface area contributed by atoms with Crippen LogP contribution < -0.4 is 5.43 Å². The number of carbonyl (C=O) groups is 1. The third-order valence-corrected chi connectivity index (χ3v) is 3.79. The molecular formula is C13H10Cl2N4OS. The van der Waals surface area contributed by atoms with E-state index in [-0.39, 0.29) is 11.7 Å². The van der Waals surface area contributed by atoms with E-state index in [1.165, 1.54) is 18.0 Å². The molecule has 0 bridgehead atoms. The molecule has 1 aromatic carbocycles. The van der Waals surface area contributed by atoms with E-state index < -0.39 is 0 Å². The summed E-state index contributed by atoms with van der Waals surface area (Å²) in [5.74, 6) is -0.107. The van der Waals surface area contributed by atoms with Gasteiger partial charge in [0.15, 0.2) is 5.16 Å². The minimum absolute atomic E-state index is 0.164. The van der Waals surface area contributed by atoms with Crippen molar-refractivity contribution in [3.05, 3.63) is 52.3 Å². The van der Waals surface area contributed by atoms with Crippen molar-refractivity contribution in [1.29, 1.82) is 0 Å². The summed E-state index contributed by atoms with van der Waals surface area (Å²) in [6, 6.07) is 6.83. The average molecular weight is 341 g/mol. The standard InChI is InChI=1S/C13H10Cl2N4OS/c14-10-3-1-4-11(15)9(10)7-18-19-12(20)8-21-13-16-5-2-6-17-13/h1-7H,8H2,(H,19,20)/b18-7+. The smallest absolute Gasteiger partial charge is 0.250 e. The van der Waals surface area contributed by atoms with Gasteiger partial charge in [-0.25, -0.2) is 15.4 Å². The van der Waals surface area contributed by atoms with Crippen LogP contribution in [0.1, 0.15) is 5.56 Å². The predicted octanol–water partition coefficient (Wildman–Crippen LogP) is 3.03. The van der Waals surface area contributed by atoms with Gasteiger partial charge in [-0.15, -0.1) is 0 Å². The van der Waals surface area contributed by atoms with Gasteiger partial charge in [0.2, 0.25) is 0 Å². The number of thioether (sulfide) groups is 1. The van der Waals surface area contributed by atoms with Gasteiger partial charge in [-0.3, -0.25) is 4.79 Å². The monoisotopic (exact) mass is 340 g/mol. The van der Waals surface area contributed by atoms with Gasteiger partial charge in [0.05, 0.1) is 22.0 Å². The molecule has 5 nitrogen and oxygen atoms in total. The maximum absolute atomic E-state index is 11.6. The fraction of sp³-hybridized carbons (Fsp3) is 0.0769. The first-order chi connectivity index (χ1) is 10.2. The molecule has 0 aliphatic rings. The Balaban J connectivity index is 1.85. The normalized spacial score (nSPS) is 10.8. The van der Waals surface area contributed by atoms with E-state index in [2.05, 4.69) is 20.5 Å². The second-order valence-electron chi connectivity index (χ2n) is 3.75. The lowest BCUT2D eigenvalue weighted by molar-refractivity contribution is -0.118. The molecule has 21 heavy (non-hydrogen) atoms. The number of rotatable bonds is 5. The van der Waals surface area contributed by atoms with Crippen LogP contribution in [-0.4, -0.2) is 27.8 Å². The molecule has 0 atom stereocenters. The lowest BCUT2D eigenvalue weighted by atomic mass is 10.2. The van der Waals surface area contributed by atoms with Gasteiger partial charge in [-0.05, 0) is 18.2 Å². The molecular weight excluding hydrogens is 331 g/mol. The topological polar surface area (TPSA) is 67.2 Å². The highest BCUT2D eigenvalue weighted by molar-refractivity contribution is 7.99. The van der Waals surface area contributed by atoms with E-state index >= 15 is 0 Å². The molecule has 0 spiro atoms. The maximum atomic E-state index is 11.6. The molecule has 0 aliphatic heterocycles. The zero-order valence-corrected chi connectivity index (χ0v) is 13.0. The fourth-order valence-corrected chi connectivity index (χ4v) is 2.42. The molecule has 0 saturated carbocycles. The van der Waals surface area contributed by atoms with Gasteiger partial charge in [-0.2, -0.15) is 5.10 Å². The minimum atomic E-state index is -0.271. The van der Waals surface area contributed by atoms with Crippen molar-refractivity contribution < 1.29 is 4.79 Å². The van der Waals surface area contributed by atoms with Gasteiger partial charge in [0.1, 0.15) is 0 Å². The second kappa shape index (κ2) is 7.97. The molecule has 2 aromatic rings. The second-order valence-corrected chi connectivity index (χ2v) is 5.51. The third-order valence-electron chi connectivity index (χ3n) is 2.26. The van der Waals surface area contributed by atoms with Crippen molar-refractivity contribution in [3.63, 3.8) is 0 Å². The SMILES string of the molecule is O=C(CSc1ncccn1)N/N=C/c1c(Cl)cccc1Cl. The van der Waals surface area contributed by atoms with Crippen molar-refractivity contribution >= 4 is 47.1 Å². The lowest BCUT2D eigenvalue weighted by Crippen LogP contribution is -2.19. The van der Waals surface area contributed by atoms with Gasteiger partial charge in [0, 0.05) is 18.0 Å². The molecule has 0 fully saturated rings. The number of halogens is 2. The van der Waals surface area contributed by atoms with Crippen molar-refractivity contribution in [2.24, 2.45) is 5.10 Å². The Hall–Kier alpha value is -1.63. The quantitative estimate of drug-likeness (QED) is 0.393. The van der Waals surface area contributed by atoms with Gasteiger partial charge in [0.25, 0.3) is 5.91 Å². The molecule has 2 rings (SSSR count). The van der Waals surface area contributed by atoms with Crippen molar-refractivity contribution in [2.75, 3.05) is 5.75 Å². The zero-order valence-electron chi connectivity index (χ0n) is 10.7. The minimum Gasteiger partial charge on any atom is -0.272 e. The molecule has 0 unspecified atom stereocenters. The Labute approximate surface area is 135 Å². The van der Waals surface area contributed by atoms with Crippen molar-refractivity contribution in [1.82, 2.24) is 15.4 Å². The van der Waals surface area contributed by atoms with E-state index in [0.717, 1.165) is 0 Å². The summed E-state index contributed by atoms with van der Waals surface area (Å²) in [4.78, 5) is 19.6. The Kier molecular flexibility index (Phi) is 5.98. The summed E-state index contributed by atoms with van der Waals surface area (Å²) >= 11 is 13.2. The Bertz CT molecular complexity index is 632. The summed E-state index contributed by atoms with van der Waals surface area (Å²) in [6.07, 6.45) is 4.64. The summed E-state index contributed by atoms with van der Waals surface area (Å²) in [7, 11) is 0. The number of hydrogen-bond acceptors (Lipinski definition) is 5. The number of nitrogens with one attached hydrogen (secondary N) is 1. The molecule has 0 aliphatic carbocycles. The molecule has 1 aromatic heterocycles. The van der Waals surface area contributed by atoms with E-state index in [1.807, 2.05) is 0 Å². The first-order valence-electron chi connectivity index (χ1n) is 5.82. The molecule has 1 amide bonds. The van der Waals surface area contributed by atoms with Crippen LogP contribution in [0.5, 0.6) is 0 Å². The van der Waals surface area contributed by atoms with Crippen LogP contribution in [0, 0.1) is 0 Å². The average Bonchev–Trinajstić information content (AvgIpc) is 2.49. The Morgan fingerprint density at radius 3 is 2.57 bits per heavy atom. The number of amides is 1.